The van der Waals surface area contributed by atoms with E-state index in [1.54, 1.807) is 0 Å². The number of carbonyl (C=O) groups is 1. The van der Waals surface area contributed by atoms with E-state index in [-0.39, 0.29) is 5.91 Å². The lowest BCUT2D eigenvalue weighted by Crippen LogP contribution is -2.41. The van der Waals surface area contributed by atoms with Crippen LogP contribution >= 0.6 is 23.1 Å². The standard InChI is InChI=1S/C16H20N4O2S2/c1-11-3-4-13(12(2)9-11)17-15-18-19-16(24-15)23-10-14(21)20-5-7-22-8-6-20/h3-4,9H,5-8,10H2,1-2H3,(H,17,18). The van der Waals surface area contributed by atoms with Gasteiger partial charge in [-0.1, -0.05) is 40.8 Å². The Bertz CT molecular complexity index is 714. The third-order valence-corrected chi connectivity index (χ3v) is 5.67. The zero-order valence-corrected chi connectivity index (χ0v) is 15.4. The van der Waals surface area contributed by atoms with Crippen LogP contribution < -0.4 is 5.32 Å². The van der Waals surface area contributed by atoms with Gasteiger partial charge in [0.05, 0.1) is 19.0 Å². The molecule has 1 N–H and O–H groups in total. The average molecular weight is 364 g/mol. The normalized spacial score (nSPS) is 14.7. The number of ether oxygens (including phenoxy) is 1. The third kappa shape index (κ3) is 4.46. The molecule has 1 fully saturated rings. The number of amides is 1. The first kappa shape index (κ1) is 17.2. The molecule has 0 aliphatic carbocycles. The van der Waals surface area contributed by atoms with Gasteiger partial charge in [0.25, 0.3) is 0 Å². The first-order valence-electron chi connectivity index (χ1n) is 7.78. The zero-order chi connectivity index (χ0) is 16.9. The molecule has 1 saturated heterocycles. The Morgan fingerprint density at radius 1 is 1.33 bits per heavy atom. The van der Waals surface area contributed by atoms with Gasteiger partial charge < -0.3 is 15.0 Å². The fraction of sp³-hybridized carbons (Fsp3) is 0.438. The average Bonchev–Trinajstić information content (AvgIpc) is 3.03. The van der Waals surface area contributed by atoms with Gasteiger partial charge in [-0.3, -0.25) is 4.79 Å². The SMILES string of the molecule is Cc1ccc(Nc2nnc(SCC(=O)N3CCOCC3)s2)c(C)c1. The van der Waals surface area contributed by atoms with Crippen LogP contribution in [0.3, 0.4) is 0 Å². The van der Waals surface area contributed by atoms with Gasteiger partial charge in [-0.05, 0) is 25.5 Å². The smallest absolute Gasteiger partial charge is 0.233 e. The van der Waals surface area contributed by atoms with E-state index in [1.165, 1.54) is 34.2 Å². The molecule has 1 aromatic heterocycles. The van der Waals surface area contributed by atoms with Crippen molar-refractivity contribution >= 4 is 39.8 Å². The lowest BCUT2D eigenvalue weighted by molar-refractivity contribution is -0.132. The van der Waals surface area contributed by atoms with Crippen LogP contribution in [-0.4, -0.2) is 53.1 Å². The lowest BCUT2D eigenvalue weighted by atomic mass is 10.1. The summed E-state index contributed by atoms with van der Waals surface area (Å²) in [6.45, 7) is 6.73. The van der Waals surface area contributed by atoms with Crippen molar-refractivity contribution in [1.29, 1.82) is 0 Å². The number of anilines is 2. The molecule has 3 rings (SSSR count). The van der Waals surface area contributed by atoms with Crippen molar-refractivity contribution in [2.45, 2.75) is 18.2 Å². The molecule has 0 saturated carbocycles. The number of thioether (sulfide) groups is 1. The Kier molecular flexibility index (Phi) is 5.70. The van der Waals surface area contributed by atoms with Gasteiger partial charge in [0.15, 0.2) is 4.34 Å². The quantitative estimate of drug-likeness (QED) is 0.823. The molecule has 0 unspecified atom stereocenters. The van der Waals surface area contributed by atoms with Crippen molar-refractivity contribution < 1.29 is 9.53 Å². The van der Waals surface area contributed by atoms with Crippen LogP contribution in [0.4, 0.5) is 10.8 Å². The van der Waals surface area contributed by atoms with E-state index in [4.69, 9.17) is 4.74 Å². The third-order valence-electron chi connectivity index (χ3n) is 3.71. The van der Waals surface area contributed by atoms with E-state index < -0.39 is 0 Å². The van der Waals surface area contributed by atoms with Crippen molar-refractivity contribution in [2.24, 2.45) is 0 Å². The summed E-state index contributed by atoms with van der Waals surface area (Å²) in [6, 6.07) is 6.23. The lowest BCUT2D eigenvalue weighted by Gasteiger charge is -2.26. The first-order chi connectivity index (χ1) is 11.6. The molecule has 6 nitrogen and oxygen atoms in total. The van der Waals surface area contributed by atoms with Crippen LogP contribution in [0.15, 0.2) is 22.5 Å². The molecule has 0 spiro atoms. The molecule has 1 amide bonds. The molecule has 1 aliphatic heterocycles. The Hall–Kier alpha value is -1.64. The molecule has 2 aromatic rings. The van der Waals surface area contributed by atoms with Crippen LogP contribution in [0.2, 0.25) is 0 Å². The summed E-state index contributed by atoms with van der Waals surface area (Å²) in [4.78, 5) is 14.0. The van der Waals surface area contributed by atoms with E-state index in [2.05, 4.69) is 41.5 Å². The molecule has 8 heteroatoms. The van der Waals surface area contributed by atoms with Gasteiger partial charge in [0, 0.05) is 18.8 Å². The largest absolute Gasteiger partial charge is 0.378 e. The fourth-order valence-corrected chi connectivity index (χ4v) is 4.08. The monoisotopic (exact) mass is 364 g/mol. The van der Waals surface area contributed by atoms with E-state index in [0.717, 1.165) is 15.2 Å². The topological polar surface area (TPSA) is 67.4 Å². The molecule has 24 heavy (non-hydrogen) atoms. The summed E-state index contributed by atoms with van der Waals surface area (Å²) in [5, 5.41) is 12.3. The number of nitrogens with zero attached hydrogens (tertiary/aromatic N) is 3. The second-order valence-electron chi connectivity index (χ2n) is 5.60. The maximum absolute atomic E-state index is 12.1. The Labute approximate surface area is 149 Å². The number of rotatable bonds is 5. The Morgan fingerprint density at radius 3 is 2.88 bits per heavy atom. The second kappa shape index (κ2) is 7.96. The predicted molar refractivity (Wildman–Crippen MR) is 97.2 cm³/mol. The van der Waals surface area contributed by atoms with Crippen LogP contribution in [0, 0.1) is 13.8 Å². The highest BCUT2D eigenvalue weighted by Crippen LogP contribution is 2.29. The number of morpholine rings is 1. The Morgan fingerprint density at radius 2 is 2.12 bits per heavy atom. The van der Waals surface area contributed by atoms with Crippen molar-refractivity contribution in [2.75, 3.05) is 37.4 Å². The van der Waals surface area contributed by atoms with E-state index >= 15 is 0 Å². The molecular weight excluding hydrogens is 344 g/mol. The summed E-state index contributed by atoms with van der Waals surface area (Å²) in [7, 11) is 0. The molecule has 0 atom stereocenters. The van der Waals surface area contributed by atoms with Crippen molar-refractivity contribution in [1.82, 2.24) is 15.1 Å². The minimum Gasteiger partial charge on any atom is -0.378 e. The molecule has 1 aromatic carbocycles. The molecular formula is C16H20N4O2S2. The van der Waals surface area contributed by atoms with Gasteiger partial charge >= 0.3 is 0 Å². The summed E-state index contributed by atoms with van der Waals surface area (Å²) in [5.41, 5.74) is 3.42. The summed E-state index contributed by atoms with van der Waals surface area (Å²) < 4.78 is 6.06. The van der Waals surface area contributed by atoms with Crippen LogP contribution in [-0.2, 0) is 9.53 Å². The summed E-state index contributed by atoms with van der Waals surface area (Å²) >= 11 is 2.90. The molecule has 128 valence electrons. The van der Waals surface area contributed by atoms with Gasteiger partial charge in [-0.15, -0.1) is 10.2 Å². The van der Waals surface area contributed by atoms with E-state index in [0.29, 0.717) is 32.1 Å². The van der Waals surface area contributed by atoms with Crippen molar-refractivity contribution in [3.8, 4) is 0 Å². The summed E-state index contributed by atoms with van der Waals surface area (Å²) in [6.07, 6.45) is 0. The Balaban J connectivity index is 1.54. The molecule has 0 bridgehead atoms. The van der Waals surface area contributed by atoms with Crippen molar-refractivity contribution in [3.05, 3.63) is 29.3 Å². The maximum Gasteiger partial charge on any atom is 0.233 e. The fourth-order valence-electron chi connectivity index (χ4n) is 2.42. The van der Waals surface area contributed by atoms with Crippen LogP contribution in [0.25, 0.3) is 0 Å². The highest BCUT2D eigenvalue weighted by Gasteiger charge is 2.17. The zero-order valence-electron chi connectivity index (χ0n) is 13.7. The minimum absolute atomic E-state index is 0.127. The number of aryl methyl sites for hydroxylation is 2. The number of carbonyl (C=O) groups excluding carboxylic acids is 1. The van der Waals surface area contributed by atoms with E-state index in [9.17, 15) is 4.79 Å². The van der Waals surface area contributed by atoms with Gasteiger partial charge in [-0.2, -0.15) is 0 Å². The number of aromatic nitrogens is 2. The molecule has 2 heterocycles. The minimum atomic E-state index is 0.127. The summed E-state index contributed by atoms with van der Waals surface area (Å²) in [5.74, 6) is 0.514. The van der Waals surface area contributed by atoms with E-state index in [1.807, 2.05) is 11.0 Å². The highest BCUT2D eigenvalue weighted by molar-refractivity contribution is 8.01. The maximum atomic E-state index is 12.1. The van der Waals surface area contributed by atoms with Crippen molar-refractivity contribution in [3.63, 3.8) is 0 Å². The second-order valence-corrected chi connectivity index (χ2v) is 7.80. The number of nitrogens with one attached hydrogen (secondary N) is 1. The van der Waals surface area contributed by atoms with Crippen LogP contribution in [0.5, 0.6) is 0 Å². The number of hydrogen-bond acceptors (Lipinski definition) is 7. The number of hydrogen-bond donors (Lipinski definition) is 1. The van der Waals surface area contributed by atoms with Gasteiger partial charge in [0.1, 0.15) is 0 Å². The van der Waals surface area contributed by atoms with Crippen LogP contribution in [0.1, 0.15) is 11.1 Å². The first-order valence-corrected chi connectivity index (χ1v) is 9.58. The molecule has 1 aliphatic rings. The molecule has 0 radical (unpaired) electrons. The predicted octanol–water partition coefficient (Wildman–Crippen LogP) is 2.85. The number of benzene rings is 1. The highest BCUT2D eigenvalue weighted by atomic mass is 32.2. The van der Waals surface area contributed by atoms with Gasteiger partial charge in [0.2, 0.25) is 11.0 Å². The van der Waals surface area contributed by atoms with Gasteiger partial charge in [-0.25, -0.2) is 0 Å².